The second-order valence-corrected chi connectivity index (χ2v) is 0.149. The van der Waals surface area contributed by atoms with Gasteiger partial charge in [-0.1, -0.05) is 0 Å². The van der Waals surface area contributed by atoms with Crippen LogP contribution in [0.5, 0.6) is 0 Å². The zero-order valence-corrected chi connectivity index (χ0v) is 5.81. The van der Waals surface area contributed by atoms with E-state index in [9.17, 15) is 0 Å². The third kappa shape index (κ3) is 561. The molecule has 2 radical (unpaired) electrons. The van der Waals surface area contributed by atoms with Gasteiger partial charge in [0.1, 0.15) is 0 Å². The Balaban J connectivity index is -0.00000000889. The van der Waals surface area contributed by atoms with Crippen LogP contribution < -0.4 is 12.3 Å². The van der Waals surface area contributed by atoms with Crippen molar-refractivity contribution in [2.75, 3.05) is 0 Å². The quantitative estimate of drug-likeness (QED) is 0.352. The van der Waals surface area contributed by atoms with Gasteiger partial charge < -0.3 is 12.3 Å². The first-order chi connectivity index (χ1) is 2.83. The molecule has 0 saturated carbocycles. The van der Waals surface area contributed by atoms with Crippen molar-refractivity contribution in [1.82, 2.24) is 12.3 Å². The summed E-state index contributed by atoms with van der Waals surface area (Å²) in [6.07, 6.45) is 0. The first-order valence-electron chi connectivity index (χ1n) is 0.730. The zero-order chi connectivity index (χ0) is 5.41. The Kier molecular flexibility index (Phi) is 698. The van der Waals surface area contributed by atoms with Crippen LogP contribution in [-0.4, -0.2) is 0 Å². The van der Waals surface area contributed by atoms with E-state index in [1.54, 1.807) is 0 Å². The van der Waals surface area contributed by atoms with Gasteiger partial charge in [0, 0.05) is 20.4 Å². The van der Waals surface area contributed by atoms with E-state index in [0.717, 1.165) is 10.7 Å². The van der Waals surface area contributed by atoms with Gasteiger partial charge in [-0.05, 0) is 0 Å². The Labute approximate surface area is 64.3 Å². The minimum Gasteiger partial charge on any atom is -0.344 e. The van der Waals surface area contributed by atoms with Crippen molar-refractivity contribution in [2.24, 2.45) is 10.7 Å². The smallest absolute Gasteiger partial charge is 0.204 e. The number of hydrogen-bond donors (Lipinski definition) is 2. The molecule has 0 saturated heterocycles. The maximum absolute atomic E-state index is 8.00. The molecule has 0 bridgehead atoms. The fraction of sp³-hybridized carbons (Fsp3) is 0. The van der Waals surface area contributed by atoms with Gasteiger partial charge in [-0.3, -0.25) is 0 Å². The van der Waals surface area contributed by atoms with Gasteiger partial charge in [0.25, 0.3) is 0 Å². The summed E-state index contributed by atoms with van der Waals surface area (Å²) in [4.78, 5) is 16.0. The van der Waals surface area contributed by atoms with Crippen LogP contribution >= 0.6 is 0 Å². The van der Waals surface area contributed by atoms with Crippen molar-refractivity contribution in [3.63, 3.8) is 0 Å². The molecule has 0 unspecified atom stereocenters. The summed E-state index contributed by atoms with van der Waals surface area (Å²) >= 11 is 0. The maximum atomic E-state index is 8.00. The summed E-state index contributed by atoms with van der Waals surface area (Å²) in [5, 5.41) is 18.0. The van der Waals surface area contributed by atoms with Gasteiger partial charge in [0.15, 0.2) is 0 Å². The summed E-state index contributed by atoms with van der Waals surface area (Å²) in [6, 6.07) is 0. The number of nitrogens with zero attached hydrogens (tertiary/aromatic N) is 2. The van der Waals surface area contributed by atoms with Gasteiger partial charge in [-0.25, -0.2) is 0 Å². The Bertz CT molecular complexity index is 33.5. The monoisotopic (exact) mass is 232 g/mol. The summed E-state index contributed by atoms with van der Waals surface area (Å²) in [5.41, 5.74) is 0. The van der Waals surface area contributed by atoms with E-state index in [4.69, 9.17) is 20.2 Å². The van der Waals surface area contributed by atoms with Crippen LogP contribution in [0.4, 0.5) is 0 Å². The van der Waals surface area contributed by atoms with Gasteiger partial charge >= 0.3 is 0 Å². The molecule has 60 valence electrons. The van der Waals surface area contributed by atoms with E-state index in [1.165, 1.54) is 0 Å². The Morgan fingerprint density at radius 2 is 0.778 bits per heavy atom. The summed E-state index contributed by atoms with van der Waals surface area (Å²) in [7, 11) is 0. The summed E-state index contributed by atoms with van der Waals surface area (Å²) < 4.78 is 0. The third-order valence-corrected chi connectivity index (χ3v) is 0. The number of rotatable bonds is 0. The van der Waals surface area contributed by atoms with Gasteiger partial charge in [-0.15, -0.1) is 20.2 Å². The van der Waals surface area contributed by atoms with Crippen LogP contribution in [0.2, 0.25) is 0 Å². The van der Waals surface area contributed by atoms with Crippen LogP contribution in [0.15, 0.2) is 10.7 Å². The van der Waals surface area contributed by atoms with Gasteiger partial charge in [0.2, 0.25) is 10.7 Å². The zero-order valence-electron chi connectivity index (χ0n) is 4.26. The van der Waals surface area contributed by atoms with E-state index in [-0.39, 0.29) is 32.7 Å². The fourth-order valence-corrected chi connectivity index (χ4v) is 0. The Morgan fingerprint density at radius 3 is 0.778 bits per heavy atom. The Hall–Kier alpha value is -0.618. The molecule has 0 aliphatic carbocycles. The van der Waals surface area contributed by atoms with E-state index < -0.39 is 0 Å². The average molecular weight is 232 g/mol. The molecule has 0 aliphatic heterocycles. The topological polar surface area (TPSA) is 169 Å². The first kappa shape index (κ1) is 39.9. The SMILES string of the molecule is N.N.[O]N=O.[O]N=O.[Pd]. The van der Waals surface area contributed by atoms with Crippen LogP contribution in [0, 0.1) is 9.81 Å². The molecule has 0 rings (SSSR count). The summed E-state index contributed by atoms with van der Waals surface area (Å²) in [6.45, 7) is 0. The first-order valence-corrected chi connectivity index (χ1v) is 0.730. The molecule has 0 aromatic carbocycles. The van der Waals surface area contributed by atoms with Crippen molar-refractivity contribution in [3.8, 4) is 0 Å². The summed E-state index contributed by atoms with van der Waals surface area (Å²) in [5.74, 6) is 0. The number of hydrogen-bond acceptors (Lipinski definition) is 6. The Morgan fingerprint density at radius 1 is 0.778 bits per heavy atom. The van der Waals surface area contributed by atoms with Gasteiger partial charge in [-0.2, -0.15) is 0 Å². The fourth-order valence-electron chi connectivity index (χ4n) is 0. The largest absolute Gasteiger partial charge is 0.344 e. The molecule has 0 atom stereocenters. The van der Waals surface area contributed by atoms with Crippen molar-refractivity contribution >= 4 is 0 Å². The average Bonchev–Trinajstić information content (AvgIpc) is 1.39. The molecule has 0 aromatic rings. The molecule has 0 aromatic heterocycles. The molecular formula is H6N4O4Pd. The molecule has 8 nitrogen and oxygen atoms in total. The second kappa shape index (κ2) is 157. The van der Waals surface area contributed by atoms with E-state index in [0.29, 0.717) is 0 Å². The minimum absolute atomic E-state index is 0. The van der Waals surface area contributed by atoms with Crippen LogP contribution in [0.1, 0.15) is 0 Å². The van der Waals surface area contributed by atoms with Crippen molar-refractivity contribution < 1.29 is 30.8 Å². The molecule has 0 heterocycles. The molecular weight excluding hydrogens is 226 g/mol. The normalized spacial score (nSPS) is 2.67. The van der Waals surface area contributed by atoms with E-state index >= 15 is 0 Å². The molecule has 0 amide bonds. The van der Waals surface area contributed by atoms with Crippen LogP contribution in [-0.2, 0) is 30.8 Å². The molecule has 6 N–H and O–H groups in total. The van der Waals surface area contributed by atoms with E-state index in [1.807, 2.05) is 0 Å². The van der Waals surface area contributed by atoms with E-state index in [2.05, 4.69) is 0 Å². The van der Waals surface area contributed by atoms with Crippen LogP contribution in [0.25, 0.3) is 0 Å². The molecule has 0 spiro atoms. The predicted octanol–water partition coefficient (Wildman–Crippen LogP) is 0.518. The van der Waals surface area contributed by atoms with Crippen molar-refractivity contribution in [1.29, 1.82) is 0 Å². The van der Waals surface area contributed by atoms with Crippen LogP contribution in [0.3, 0.4) is 0 Å². The maximum Gasteiger partial charge on any atom is 0.204 e. The van der Waals surface area contributed by atoms with Gasteiger partial charge in [0.05, 0.1) is 0 Å². The molecule has 9 heavy (non-hydrogen) atoms. The standard InChI is InChI=1S/2NO2.2H3N.Pd/c2*2-1-3;;;/h;;2*1H3;. The molecule has 0 fully saturated rings. The third-order valence-electron chi connectivity index (χ3n) is 0. The predicted molar refractivity (Wildman–Crippen MR) is 23.0 cm³/mol. The molecule has 0 aliphatic rings. The second-order valence-electron chi connectivity index (χ2n) is 0.149. The van der Waals surface area contributed by atoms with Crippen molar-refractivity contribution in [2.45, 2.75) is 0 Å². The molecule has 9 heteroatoms. The minimum atomic E-state index is 0. The van der Waals surface area contributed by atoms with Crippen molar-refractivity contribution in [3.05, 3.63) is 9.81 Å².